The highest BCUT2D eigenvalue weighted by molar-refractivity contribution is 9.10. The molecule has 146 valence electrons. The van der Waals surface area contributed by atoms with E-state index in [-0.39, 0.29) is 26.3 Å². The molecular weight excluding hydrogens is 455 g/mol. The normalized spacial score (nSPS) is 13.8. The van der Waals surface area contributed by atoms with E-state index in [1.807, 2.05) is 13.0 Å². The van der Waals surface area contributed by atoms with E-state index in [0.717, 1.165) is 21.4 Å². The van der Waals surface area contributed by atoms with Gasteiger partial charge in [0, 0.05) is 21.2 Å². The van der Waals surface area contributed by atoms with Crippen LogP contribution >= 0.6 is 27.3 Å². The molecule has 2 aromatic heterocycles. The van der Waals surface area contributed by atoms with Crippen LogP contribution in [0.2, 0.25) is 0 Å². The van der Waals surface area contributed by atoms with Gasteiger partial charge in [0.25, 0.3) is 5.91 Å². The van der Waals surface area contributed by atoms with E-state index in [9.17, 15) is 18.0 Å². The zero-order valence-electron chi connectivity index (χ0n) is 14.7. The van der Waals surface area contributed by atoms with Gasteiger partial charge < -0.3 is 11.1 Å². The molecule has 4 rings (SSSR count). The number of thiophene rings is 1. The van der Waals surface area contributed by atoms with Crippen LogP contribution in [-0.4, -0.2) is 10.9 Å². The summed E-state index contributed by atoms with van der Waals surface area (Å²) in [5.74, 6) is -0.542. The van der Waals surface area contributed by atoms with Crippen LogP contribution in [0.25, 0.3) is 10.2 Å². The number of benzene rings is 1. The Bertz CT molecular complexity index is 1120. The molecule has 3 aromatic rings. The van der Waals surface area contributed by atoms with Crippen LogP contribution in [0.4, 0.5) is 24.5 Å². The fourth-order valence-corrected chi connectivity index (χ4v) is 5.07. The SMILES string of the molecule is Cc1cc(Br)ccc1NC(=O)c1sc2nc3c(c(C(F)(F)F)c2c1N)CCC3. The first kappa shape index (κ1) is 19.2. The molecule has 1 aliphatic rings. The topological polar surface area (TPSA) is 68.0 Å². The first-order valence-electron chi connectivity index (χ1n) is 8.55. The van der Waals surface area contributed by atoms with Crippen molar-refractivity contribution in [2.24, 2.45) is 0 Å². The number of carbonyl (C=O) groups is 1. The van der Waals surface area contributed by atoms with Crippen molar-refractivity contribution in [3.8, 4) is 0 Å². The number of hydrogen-bond acceptors (Lipinski definition) is 4. The van der Waals surface area contributed by atoms with Crippen molar-refractivity contribution in [2.75, 3.05) is 11.1 Å². The number of nitrogens with one attached hydrogen (secondary N) is 1. The summed E-state index contributed by atoms with van der Waals surface area (Å²) < 4.78 is 42.3. The minimum atomic E-state index is -4.55. The second-order valence-corrected chi connectivity index (χ2v) is 8.62. The van der Waals surface area contributed by atoms with Gasteiger partial charge >= 0.3 is 6.18 Å². The molecule has 0 aliphatic heterocycles. The van der Waals surface area contributed by atoms with Gasteiger partial charge in [-0.15, -0.1) is 11.3 Å². The third-order valence-corrected chi connectivity index (χ3v) is 6.42. The van der Waals surface area contributed by atoms with Gasteiger partial charge in [-0.2, -0.15) is 13.2 Å². The van der Waals surface area contributed by atoms with Crippen molar-refractivity contribution in [1.29, 1.82) is 0 Å². The van der Waals surface area contributed by atoms with Crippen LogP contribution < -0.4 is 11.1 Å². The summed E-state index contributed by atoms with van der Waals surface area (Å²) in [6, 6.07) is 5.32. The summed E-state index contributed by atoms with van der Waals surface area (Å²) >= 11 is 4.25. The number of alkyl halides is 3. The van der Waals surface area contributed by atoms with E-state index < -0.39 is 17.6 Å². The van der Waals surface area contributed by atoms with Gasteiger partial charge in [-0.25, -0.2) is 4.98 Å². The molecule has 0 bridgehead atoms. The summed E-state index contributed by atoms with van der Waals surface area (Å²) in [6.45, 7) is 1.82. The Morgan fingerprint density at radius 3 is 2.75 bits per heavy atom. The first-order valence-corrected chi connectivity index (χ1v) is 10.2. The van der Waals surface area contributed by atoms with Crippen LogP contribution in [0, 0.1) is 6.92 Å². The largest absolute Gasteiger partial charge is 0.417 e. The highest BCUT2D eigenvalue weighted by Gasteiger charge is 2.40. The summed E-state index contributed by atoms with van der Waals surface area (Å²) in [5.41, 5.74) is 7.19. The standard InChI is InChI=1S/C19H15BrF3N3OS/c1-8-7-9(20)5-6-11(8)25-17(27)16-15(24)13-14(19(21,22)23)10-3-2-4-12(10)26-18(13)28-16/h5-7H,2-4,24H2,1H3,(H,25,27). The average Bonchev–Trinajstić information content (AvgIpc) is 3.19. The van der Waals surface area contributed by atoms with Gasteiger partial charge in [0.05, 0.1) is 11.3 Å². The highest BCUT2D eigenvalue weighted by Crippen LogP contribution is 2.46. The number of pyridine rings is 1. The monoisotopic (exact) mass is 469 g/mol. The predicted molar refractivity (Wildman–Crippen MR) is 108 cm³/mol. The number of hydrogen-bond donors (Lipinski definition) is 2. The van der Waals surface area contributed by atoms with Gasteiger partial charge in [-0.3, -0.25) is 4.79 Å². The summed E-state index contributed by atoms with van der Waals surface area (Å²) in [4.78, 5) is 17.3. The summed E-state index contributed by atoms with van der Waals surface area (Å²) in [5, 5.41) is 2.58. The lowest BCUT2D eigenvalue weighted by Gasteiger charge is -2.14. The van der Waals surface area contributed by atoms with Crippen molar-refractivity contribution in [3.63, 3.8) is 0 Å². The second kappa shape index (κ2) is 6.73. The molecule has 1 aromatic carbocycles. The predicted octanol–water partition coefficient (Wildman–Crippen LogP) is 5.71. The Morgan fingerprint density at radius 2 is 2.07 bits per heavy atom. The number of nitrogens with two attached hydrogens (primary N) is 1. The fourth-order valence-electron chi connectivity index (χ4n) is 3.57. The molecule has 1 amide bonds. The average molecular weight is 470 g/mol. The van der Waals surface area contributed by atoms with Crippen molar-refractivity contribution in [1.82, 2.24) is 4.98 Å². The second-order valence-electron chi connectivity index (χ2n) is 6.70. The number of nitrogen functional groups attached to an aromatic ring is 1. The van der Waals surface area contributed by atoms with E-state index in [1.165, 1.54) is 0 Å². The molecule has 0 saturated carbocycles. The molecule has 0 radical (unpaired) electrons. The van der Waals surface area contributed by atoms with Crippen LogP contribution in [0.15, 0.2) is 22.7 Å². The Hall–Kier alpha value is -2.13. The molecule has 9 heteroatoms. The Balaban J connectivity index is 1.83. The van der Waals surface area contributed by atoms with Crippen LogP contribution in [-0.2, 0) is 19.0 Å². The summed E-state index contributed by atoms with van der Waals surface area (Å²) in [7, 11) is 0. The van der Waals surface area contributed by atoms with E-state index in [2.05, 4.69) is 26.2 Å². The number of aryl methyl sites for hydroxylation is 2. The molecule has 1 aliphatic carbocycles. The smallest absolute Gasteiger partial charge is 0.397 e. The van der Waals surface area contributed by atoms with Gasteiger partial charge in [0.2, 0.25) is 0 Å². The van der Waals surface area contributed by atoms with Crippen molar-refractivity contribution in [3.05, 3.63) is 49.9 Å². The number of anilines is 2. The molecule has 0 fully saturated rings. The number of aromatic nitrogens is 1. The first-order chi connectivity index (χ1) is 13.2. The number of carbonyl (C=O) groups excluding carboxylic acids is 1. The lowest BCUT2D eigenvalue weighted by atomic mass is 10.0. The molecular formula is C19H15BrF3N3OS. The van der Waals surface area contributed by atoms with E-state index >= 15 is 0 Å². The quantitative estimate of drug-likeness (QED) is 0.504. The van der Waals surface area contributed by atoms with Gasteiger partial charge in [-0.1, -0.05) is 15.9 Å². The van der Waals surface area contributed by atoms with Crippen molar-refractivity contribution >= 4 is 54.8 Å². The Morgan fingerprint density at radius 1 is 1.32 bits per heavy atom. The van der Waals surface area contributed by atoms with E-state index in [4.69, 9.17) is 5.73 Å². The molecule has 0 spiro atoms. The number of fused-ring (bicyclic) bond motifs is 2. The molecule has 0 saturated heterocycles. The Kier molecular flexibility index (Phi) is 4.62. The van der Waals surface area contributed by atoms with Gasteiger partial charge in [-0.05, 0) is 55.5 Å². The fraction of sp³-hybridized carbons (Fsp3) is 0.263. The minimum Gasteiger partial charge on any atom is -0.397 e. The van der Waals surface area contributed by atoms with E-state index in [0.29, 0.717) is 30.6 Å². The third kappa shape index (κ3) is 3.16. The number of halogens is 4. The van der Waals surface area contributed by atoms with Gasteiger partial charge in [0.15, 0.2) is 0 Å². The highest BCUT2D eigenvalue weighted by atomic mass is 79.9. The van der Waals surface area contributed by atoms with Gasteiger partial charge in [0.1, 0.15) is 9.71 Å². The molecule has 2 heterocycles. The zero-order chi connectivity index (χ0) is 20.2. The maximum atomic E-state index is 13.8. The van der Waals surface area contributed by atoms with Crippen LogP contribution in [0.5, 0.6) is 0 Å². The van der Waals surface area contributed by atoms with Crippen LogP contribution in [0.3, 0.4) is 0 Å². The molecule has 28 heavy (non-hydrogen) atoms. The van der Waals surface area contributed by atoms with Crippen LogP contribution in [0.1, 0.15) is 38.5 Å². The molecule has 0 unspecified atom stereocenters. The van der Waals surface area contributed by atoms with Crippen molar-refractivity contribution in [2.45, 2.75) is 32.4 Å². The van der Waals surface area contributed by atoms with Crippen molar-refractivity contribution < 1.29 is 18.0 Å². The molecule has 3 N–H and O–H groups in total. The zero-order valence-corrected chi connectivity index (χ0v) is 17.1. The molecule has 4 nitrogen and oxygen atoms in total. The van der Waals surface area contributed by atoms with E-state index in [1.54, 1.807) is 12.1 Å². The number of rotatable bonds is 2. The number of nitrogens with zero attached hydrogens (tertiary/aromatic N) is 1. The lowest BCUT2D eigenvalue weighted by Crippen LogP contribution is -2.14. The lowest BCUT2D eigenvalue weighted by molar-refractivity contribution is -0.136. The summed E-state index contributed by atoms with van der Waals surface area (Å²) in [6.07, 6.45) is -3.09. The minimum absolute atomic E-state index is 0.0407. The maximum absolute atomic E-state index is 13.8. The molecule has 0 atom stereocenters. The Labute approximate surface area is 171 Å². The third-order valence-electron chi connectivity index (χ3n) is 4.83. The maximum Gasteiger partial charge on any atom is 0.417 e. The number of amides is 1.